The maximum atomic E-state index is 10.9. The lowest BCUT2D eigenvalue weighted by atomic mass is 10.2. The Labute approximate surface area is 73.7 Å². The number of hydrogen-bond acceptors (Lipinski definition) is 3. The van der Waals surface area contributed by atoms with E-state index in [1.165, 1.54) is 0 Å². The molecule has 0 amide bonds. The van der Waals surface area contributed by atoms with E-state index in [1.54, 1.807) is 0 Å². The second-order valence-corrected chi connectivity index (χ2v) is 3.20. The molecule has 0 aromatic heterocycles. The fourth-order valence-corrected chi connectivity index (χ4v) is 0.777. The minimum atomic E-state index is -0.107. The molecule has 0 aromatic rings. The molecule has 0 heterocycles. The number of thiol groups is 1. The van der Waals surface area contributed by atoms with Crippen molar-refractivity contribution in [1.29, 1.82) is 0 Å². The largest absolute Gasteiger partial charge is 0.465 e. The maximum Gasteiger partial charge on any atom is 0.308 e. The van der Waals surface area contributed by atoms with Gasteiger partial charge in [0.05, 0.1) is 12.5 Å². The van der Waals surface area contributed by atoms with Crippen LogP contribution < -0.4 is 0 Å². The highest BCUT2D eigenvalue weighted by Crippen LogP contribution is 1.98. The van der Waals surface area contributed by atoms with Gasteiger partial charge in [0.15, 0.2) is 0 Å². The Kier molecular flexibility index (Phi) is 6.42. The first-order valence-corrected chi connectivity index (χ1v) is 4.59. The van der Waals surface area contributed by atoms with Crippen LogP contribution in [0.2, 0.25) is 0 Å². The van der Waals surface area contributed by atoms with Gasteiger partial charge in [-0.2, -0.15) is 12.6 Å². The maximum absolute atomic E-state index is 10.9. The van der Waals surface area contributed by atoms with Crippen LogP contribution in [0.25, 0.3) is 0 Å². The van der Waals surface area contributed by atoms with E-state index in [0.29, 0.717) is 6.61 Å². The van der Waals surface area contributed by atoms with Gasteiger partial charge >= 0.3 is 5.97 Å². The van der Waals surface area contributed by atoms with Gasteiger partial charge in [0, 0.05) is 0 Å². The molecule has 0 fully saturated rings. The highest BCUT2D eigenvalue weighted by molar-refractivity contribution is 7.80. The second-order valence-electron chi connectivity index (χ2n) is 2.75. The average molecular weight is 176 g/mol. The fourth-order valence-electron chi connectivity index (χ4n) is 0.553. The molecular formula is C8H16O2S. The minimum Gasteiger partial charge on any atom is -0.465 e. The SMILES string of the molecule is CC(C)C(=O)OCCCCS. The molecule has 0 saturated carbocycles. The number of unbranched alkanes of at least 4 members (excludes halogenated alkanes) is 1. The monoisotopic (exact) mass is 176 g/mol. The predicted molar refractivity (Wildman–Crippen MR) is 48.9 cm³/mol. The van der Waals surface area contributed by atoms with Crippen LogP contribution in [-0.4, -0.2) is 18.3 Å². The quantitative estimate of drug-likeness (QED) is 0.393. The van der Waals surface area contributed by atoms with Crippen LogP contribution in [-0.2, 0) is 9.53 Å². The van der Waals surface area contributed by atoms with Crippen LogP contribution in [0.3, 0.4) is 0 Å². The Morgan fingerprint density at radius 1 is 1.45 bits per heavy atom. The molecule has 0 unspecified atom stereocenters. The molecule has 0 aliphatic heterocycles. The predicted octanol–water partition coefficient (Wildman–Crippen LogP) is 1.90. The summed E-state index contributed by atoms with van der Waals surface area (Å²) in [5, 5.41) is 0. The molecule has 0 aliphatic rings. The fraction of sp³-hybridized carbons (Fsp3) is 0.875. The molecule has 0 saturated heterocycles. The molecule has 0 spiro atoms. The number of carbonyl (C=O) groups excluding carboxylic acids is 1. The van der Waals surface area contributed by atoms with E-state index in [-0.39, 0.29) is 11.9 Å². The van der Waals surface area contributed by atoms with E-state index in [0.717, 1.165) is 18.6 Å². The lowest BCUT2D eigenvalue weighted by molar-refractivity contribution is -0.147. The van der Waals surface area contributed by atoms with E-state index in [2.05, 4.69) is 12.6 Å². The van der Waals surface area contributed by atoms with E-state index in [4.69, 9.17) is 4.74 Å². The minimum absolute atomic E-state index is 0.00833. The summed E-state index contributed by atoms with van der Waals surface area (Å²) in [6.45, 7) is 4.21. The third-order valence-corrected chi connectivity index (χ3v) is 1.58. The summed E-state index contributed by atoms with van der Waals surface area (Å²) in [5.74, 6) is 0.745. The van der Waals surface area contributed by atoms with Crippen LogP contribution in [0.5, 0.6) is 0 Å². The Morgan fingerprint density at radius 3 is 2.55 bits per heavy atom. The first-order valence-electron chi connectivity index (χ1n) is 3.96. The first-order chi connectivity index (χ1) is 5.18. The van der Waals surface area contributed by atoms with Crippen molar-refractivity contribution in [2.75, 3.05) is 12.4 Å². The number of carbonyl (C=O) groups is 1. The summed E-state index contributed by atoms with van der Waals surface area (Å²) in [5.41, 5.74) is 0. The van der Waals surface area contributed by atoms with Gasteiger partial charge in [-0.1, -0.05) is 13.8 Å². The lowest BCUT2D eigenvalue weighted by Gasteiger charge is -2.05. The third kappa shape index (κ3) is 6.23. The van der Waals surface area contributed by atoms with Gasteiger partial charge in [-0.3, -0.25) is 4.79 Å². The Bertz CT molecular complexity index is 113. The van der Waals surface area contributed by atoms with Gasteiger partial charge in [-0.15, -0.1) is 0 Å². The summed E-state index contributed by atoms with van der Waals surface area (Å²) < 4.78 is 4.93. The molecule has 3 heteroatoms. The van der Waals surface area contributed by atoms with Crippen molar-refractivity contribution in [3.63, 3.8) is 0 Å². The summed E-state index contributed by atoms with van der Waals surface area (Å²) >= 11 is 4.05. The molecule has 0 rings (SSSR count). The van der Waals surface area contributed by atoms with Crippen molar-refractivity contribution in [1.82, 2.24) is 0 Å². The van der Waals surface area contributed by atoms with Gasteiger partial charge in [0.25, 0.3) is 0 Å². The lowest BCUT2D eigenvalue weighted by Crippen LogP contribution is -2.12. The van der Waals surface area contributed by atoms with Gasteiger partial charge in [-0.05, 0) is 18.6 Å². The third-order valence-electron chi connectivity index (χ3n) is 1.27. The zero-order valence-corrected chi connectivity index (χ0v) is 8.06. The summed E-state index contributed by atoms with van der Waals surface area (Å²) in [4.78, 5) is 10.9. The van der Waals surface area contributed by atoms with E-state index in [9.17, 15) is 4.79 Å². The molecular weight excluding hydrogens is 160 g/mol. The Hall–Kier alpha value is -0.180. The second kappa shape index (κ2) is 6.53. The van der Waals surface area contributed by atoms with Gasteiger partial charge in [0.2, 0.25) is 0 Å². The zero-order chi connectivity index (χ0) is 8.69. The summed E-state index contributed by atoms with van der Waals surface area (Å²) in [6.07, 6.45) is 1.93. The number of ether oxygens (including phenoxy) is 1. The number of esters is 1. The Balaban J connectivity index is 3.18. The topological polar surface area (TPSA) is 26.3 Å². The molecule has 66 valence electrons. The van der Waals surface area contributed by atoms with Crippen molar-refractivity contribution in [2.24, 2.45) is 5.92 Å². The van der Waals surface area contributed by atoms with Crippen LogP contribution in [0.4, 0.5) is 0 Å². The zero-order valence-electron chi connectivity index (χ0n) is 7.17. The van der Waals surface area contributed by atoms with Gasteiger partial charge in [0.1, 0.15) is 0 Å². The smallest absolute Gasteiger partial charge is 0.308 e. The normalized spacial score (nSPS) is 10.2. The Morgan fingerprint density at radius 2 is 2.09 bits per heavy atom. The van der Waals surface area contributed by atoms with E-state index >= 15 is 0 Å². The number of rotatable bonds is 5. The van der Waals surface area contributed by atoms with E-state index < -0.39 is 0 Å². The van der Waals surface area contributed by atoms with Crippen molar-refractivity contribution in [3.8, 4) is 0 Å². The first kappa shape index (κ1) is 10.8. The standard InChI is InChI=1S/C8H16O2S/c1-7(2)8(9)10-5-3-4-6-11/h7,11H,3-6H2,1-2H3. The molecule has 0 N–H and O–H groups in total. The van der Waals surface area contributed by atoms with Crippen molar-refractivity contribution in [3.05, 3.63) is 0 Å². The molecule has 0 bridgehead atoms. The molecule has 2 nitrogen and oxygen atoms in total. The summed E-state index contributed by atoms with van der Waals surface area (Å²) in [7, 11) is 0. The van der Waals surface area contributed by atoms with Crippen LogP contribution in [0.1, 0.15) is 26.7 Å². The molecule has 0 radical (unpaired) electrons. The molecule has 0 aliphatic carbocycles. The summed E-state index contributed by atoms with van der Waals surface area (Å²) in [6, 6.07) is 0. The van der Waals surface area contributed by atoms with E-state index in [1.807, 2.05) is 13.8 Å². The van der Waals surface area contributed by atoms with Gasteiger partial charge < -0.3 is 4.74 Å². The molecule has 0 atom stereocenters. The number of hydrogen-bond donors (Lipinski definition) is 1. The molecule has 0 aromatic carbocycles. The average Bonchev–Trinajstić information content (AvgIpc) is 1.97. The van der Waals surface area contributed by atoms with Gasteiger partial charge in [-0.25, -0.2) is 0 Å². The molecule has 11 heavy (non-hydrogen) atoms. The van der Waals surface area contributed by atoms with Crippen LogP contribution in [0.15, 0.2) is 0 Å². The van der Waals surface area contributed by atoms with Crippen molar-refractivity contribution < 1.29 is 9.53 Å². The van der Waals surface area contributed by atoms with Crippen LogP contribution >= 0.6 is 12.6 Å². The highest BCUT2D eigenvalue weighted by atomic mass is 32.1. The van der Waals surface area contributed by atoms with Crippen molar-refractivity contribution in [2.45, 2.75) is 26.7 Å². The highest BCUT2D eigenvalue weighted by Gasteiger charge is 2.06. The van der Waals surface area contributed by atoms with Crippen molar-refractivity contribution >= 4 is 18.6 Å². The van der Waals surface area contributed by atoms with Crippen LogP contribution in [0, 0.1) is 5.92 Å².